The molecule has 0 spiro atoms. The fraction of sp³-hybridized carbons (Fsp3) is 0.375. The van der Waals surface area contributed by atoms with Crippen molar-refractivity contribution >= 4 is 23.1 Å². The number of pyridine rings is 1. The lowest BCUT2D eigenvalue weighted by Crippen LogP contribution is -2.27. The maximum absolute atomic E-state index is 12.3. The second kappa shape index (κ2) is 7.22. The Kier molecular flexibility index (Phi) is 5.33. The third-order valence-corrected chi connectivity index (χ3v) is 4.26. The monoisotopic (exact) mass is 303 g/mol. The van der Waals surface area contributed by atoms with Crippen LogP contribution in [0.3, 0.4) is 0 Å². The number of nitrogens with one attached hydrogen (secondary N) is 2. The molecule has 0 saturated heterocycles. The van der Waals surface area contributed by atoms with Crippen molar-refractivity contribution in [2.45, 2.75) is 33.2 Å². The second-order valence-electron chi connectivity index (χ2n) is 4.98. The predicted molar refractivity (Wildman–Crippen MR) is 88.0 cm³/mol. The van der Waals surface area contributed by atoms with Crippen LogP contribution in [-0.4, -0.2) is 17.4 Å². The molecule has 5 heteroatoms. The van der Waals surface area contributed by atoms with E-state index in [0.29, 0.717) is 5.69 Å². The van der Waals surface area contributed by atoms with Gasteiger partial charge in [0.15, 0.2) is 0 Å². The molecule has 2 aromatic heterocycles. The molecule has 0 fully saturated rings. The summed E-state index contributed by atoms with van der Waals surface area (Å²) in [4.78, 5) is 19.0. The van der Waals surface area contributed by atoms with Crippen LogP contribution in [0.2, 0.25) is 0 Å². The molecule has 0 saturated carbocycles. The van der Waals surface area contributed by atoms with Gasteiger partial charge in [-0.15, -0.1) is 11.3 Å². The summed E-state index contributed by atoms with van der Waals surface area (Å²) in [6, 6.07) is 9.57. The van der Waals surface area contributed by atoms with Crippen molar-refractivity contribution in [3.05, 3.63) is 45.8 Å². The molecule has 0 aliphatic rings. The van der Waals surface area contributed by atoms with Gasteiger partial charge in [-0.05, 0) is 44.5 Å². The fourth-order valence-electron chi connectivity index (χ4n) is 1.94. The highest BCUT2D eigenvalue weighted by Gasteiger charge is 2.14. The van der Waals surface area contributed by atoms with E-state index in [-0.39, 0.29) is 11.9 Å². The van der Waals surface area contributed by atoms with Crippen LogP contribution in [0, 0.1) is 6.92 Å². The first kappa shape index (κ1) is 15.5. The summed E-state index contributed by atoms with van der Waals surface area (Å²) in [5.74, 6) is 0.595. The largest absolute Gasteiger partial charge is 0.370 e. The van der Waals surface area contributed by atoms with E-state index in [1.54, 1.807) is 17.4 Å². The van der Waals surface area contributed by atoms with E-state index in [4.69, 9.17) is 0 Å². The van der Waals surface area contributed by atoms with E-state index in [1.807, 2.05) is 19.1 Å². The SMILES string of the molecule is CCCNc1cccc(C(=O)NC(C)c2ccc(C)s2)n1. The van der Waals surface area contributed by atoms with Crippen molar-refractivity contribution in [3.63, 3.8) is 0 Å². The van der Waals surface area contributed by atoms with Gasteiger partial charge in [0.2, 0.25) is 0 Å². The molecular formula is C16H21N3OS. The number of thiophene rings is 1. The molecule has 0 radical (unpaired) electrons. The van der Waals surface area contributed by atoms with E-state index < -0.39 is 0 Å². The van der Waals surface area contributed by atoms with Crippen LogP contribution in [0.5, 0.6) is 0 Å². The summed E-state index contributed by atoms with van der Waals surface area (Å²) in [6.07, 6.45) is 1.02. The molecule has 21 heavy (non-hydrogen) atoms. The number of amides is 1. The maximum atomic E-state index is 12.3. The van der Waals surface area contributed by atoms with Gasteiger partial charge in [0.25, 0.3) is 5.91 Å². The Balaban J connectivity index is 2.02. The van der Waals surface area contributed by atoms with E-state index >= 15 is 0 Å². The van der Waals surface area contributed by atoms with Gasteiger partial charge in [-0.1, -0.05) is 13.0 Å². The minimum absolute atomic E-state index is 0.00902. The Labute approximate surface area is 129 Å². The number of nitrogens with zero attached hydrogens (tertiary/aromatic N) is 1. The van der Waals surface area contributed by atoms with Crippen LogP contribution in [0.25, 0.3) is 0 Å². The van der Waals surface area contributed by atoms with Crippen LogP contribution < -0.4 is 10.6 Å². The van der Waals surface area contributed by atoms with Crippen molar-refractivity contribution in [3.8, 4) is 0 Å². The number of hydrogen-bond acceptors (Lipinski definition) is 4. The molecule has 0 aliphatic carbocycles. The van der Waals surface area contributed by atoms with Crippen LogP contribution in [0.15, 0.2) is 30.3 Å². The Morgan fingerprint density at radius 1 is 1.33 bits per heavy atom. The summed E-state index contributed by atoms with van der Waals surface area (Å²) in [7, 11) is 0. The molecule has 2 heterocycles. The Hall–Kier alpha value is -1.88. The highest BCUT2D eigenvalue weighted by molar-refractivity contribution is 7.12. The summed E-state index contributed by atoms with van der Waals surface area (Å²) >= 11 is 1.70. The molecule has 0 aliphatic heterocycles. The lowest BCUT2D eigenvalue weighted by Gasteiger charge is -2.12. The molecule has 0 aromatic carbocycles. The molecule has 112 valence electrons. The highest BCUT2D eigenvalue weighted by atomic mass is 32.1. The van der Waals surface area contributed by atoms with Crippen LogP contribution in [0.1, 0.15) is 46.6 Å². The van der Waals surface area contributed by atoms with Gasteiger partial charge >= 0.3 is 0 Å². The molecule has 2 N–H and O–H groups in total. The zero-order valence-corrected chi connectivity index (χ0v) is 13.5. The zero-order chi connectivity index (χ0) is 15.2. The lowest BCUT2D eigenvalue weighted by atomic mass is 10.2. The highest BCUT2D eigenvalue weighted by Crippen LogP contribution is 2.22. The molecule has 1 unspecified atom stereocenters. The van der Waals surface area contributed by atoms with Gasteiger partial charge < -0.3 is 10.6 Å². The van der Waals surface area contributed by atoms with Gasteiger partial charge in [0.1, 0.15) is 11.5 Å². The number of aryl methyl sites for hydroxylation is 1. The average Bonchev–Trinajstić information content (AvgIpc) is 2.92. The van der Waals surface area contributed by atoms with Gasteiger partial charge in [0.05, 0.1) is 6.04 Å². The number of anilines is 1. The average molecular weight is 303 g/mol. The normalized spacial score (nSPS) is 12.0. The third-order valence-electron chi connectivity index (χ3n) is 3.07. The Bertz CT molecular complexity index is 609. The number of hydrogen-bond donors (Lipinski definition) is 2. The zero-order valence-electron chi connectivity index (χ0n) is 12.6. The standard InChI is InChI=1S/C16H21N3OS/c1-4-10-17-15-7-5-6-13(19-15)16(20)18-12(3)14-9-8-11(2)21-14/h5-9,12H,4,10H2,1-3H3,(H,17,19)(H,18,20). The summed E-state index contributed by atoms with van der Waals surface area (Å²) in [5, 5.41) is 6.18. The van der Waals surface area contributed by atoms with Crippen LogP contribution in [-0.2, 0) is 0 Å². The first-order chi connectivity index (χ1) is 10.1. The number of carbonyl (C=O) groups excluding carboxylic acids is 1. The van der Waals surface area contributed by atoms with Gasteiger partial charge in [0, 0.05) is 16.3 Å². The van der Waals surface area contributed by atoms with Gasteiger partial charge in [-0.25, -0.2) is 4.98 Å². The number of carbonyl (C=O) groups is 1. The second-order valence-corrected chi connectivity index (χ2v) is 6.30. The van der Waals surface area contributed by atoms with E-state index in [2.05, 4.69) is 41.6 Å². The van der Waals surface area contributed by atoms with Crippen LogP contribution >= 0.6 is 11.3 Å². The minimum atomic E-state index is -0.145. The van der Waals surface area contributed by atoms with Crippen molar-refractivity contribution in [2.75, 3.05) is 11.9 Å². The number of aromatic nitrogens is 1. The fourth-order valence-corrected chi connectivity index (χ4v) is 2.82. The minimum Gasteiger partial charge on any atom is -0.370 e. The van der Waals surface area contributed by atoms with E-state index in [9.17, 15) is 4.79 Å². The Morgan fingerprint density at radius 2 is 2.14 bits per heavy atom. The van der Waals surface area contributed by atoms with Crippen LogP contribution in [0.4, 0.5) is 5.82 Å². The quantitative estimate of drug-likeness (QED) is 0.854. The molecule has 0 bridgehead atoms. The molecule has 2 aromatic rings. The lowest BCUT2D eigenvalue weighted by molar-refractivity contribution is 0.0935. The maximum Gasteiger partial charge on any atom is 0.270 e. The predicted octanol–water partition coefficient (Wildman–Crippen LogP) is 3.76. The van der Waals surface area contributed by atoms with E-state index in [0.717, 1.165) is 23.7 Å². The van der Waals surface area contributed by atoms with Crippen molar-refractivity contribution in [1.82, 2.24) is 10.3 Å². The first-order valence-electron chi connectivity index (χ1n) is 7.18. The number of rotatable bonds is 6. The third kappa shape index (κ3) is 4.29. The van der Waals surface area contributed by atoms with Crippen molar-refractivity contribution in [1.29, 1.82) is 0 Å². The molecule has 2 rings (SSSR count). The summed E-state index contributed by atoms with van der Waals surface area (Å²) < 4.78 is 0. The molecule has 1 amide bonds. The van der Waals surface area contributed by atoms with Gasteiger partial charge in [-0.2, -0.15) is 0 Å². The first-order valence-corrected chi connectivity index (χ1v) is 8.00. The smallest absolute Gasteiger partial charge is 0.270 e. The van der Waals surface area contributed by atoms with Gasteiger partial charge in [-0.3, -0.25) is 4.79 Å². The topological polar surface area (TPSA) is 54.0 Å². The van der Waals surface area contributed by atoms with E-state index in [1.165, 1.54) is 4.88 Å². The Morgan fingerprint density at radius 3 is 2.81 bits per heavy atom. The molecule has 4 nitrogen and oxygen atoms in total. The molecule has 1 atom stereocenters. The summed E-state index contributed by atoms with van der Waals surface area (Å²) in [6.45, 7) is 6.99. The molecular weight excluding hydrogens is 282 g/mol. The van der Waals surface area contributed by atoms with Crippen molar-refractivity contribution in [2.24, 2.45) is 0 Å². The summed E-state index contributed by atoms with van der Waals surface area (Å²) in [5.41, 5.74) is 0.441. The van der Waals surface area contributed by atoms with Crippen molar-refractivity contribution < 1.29 is 4.79 Å².